The standard InChI is InChI=1S/C20H24BrNO5/c1-24-17-11-14(12-18(25-2)20(17)26-3)7-8-19(23)22-9-10-27-16-6-4-5-15(21)13-16/h4-6,11-13H,7-10H2,1-3H3,(H,22,23). The molecule has 0 heterocycles. The van der Waals surface area contributed by atoms with Gasteiger partial charge in [-0.2, -0.15) is 0 Å². The topological polar surface area (TPSA) is 66.0 Å². The number of rotatable bonds is 10. The highest BCUT2D eigenvalue weighted by atomic mass is 79.9. The Bertz CT molecular complexity index is 741. The maximum atomic E-state index is 12.1. The molecule has 0 fully saturated rings. The first-order valence-electron chi connectivity index (χ1n) is 8.51. The summed E-state index contributed by atoms with van der Waals surface area (Å²) in [6.45, 7) is 0.854. The molecule has 7 heteroatoms. The van der Waals surface area contributed by atoms with Crippen LogP contribution in [-0.2, 0) is 11.2 Å². The second kappa shape index (κ2) is 10.7. The minimum atomic E-state index is -0.0402. The van der Waals surface area contributed by atoms with Gasteiger partial charge in [0.25, 0.3) is 0 Å². The summed E-state index contributed by atoms with van der Waals surface area (Å²) in [6.07, 6.45) is 0.921. The highest BCUT2D eigenvalue weighted by Crippen LogP contribution is 2.38. The van der Waals surface area contributed by atoms with Crippen LogP contribution in [0.1, 0.15) is 12.0 Å². The molecule has 146 valence electrons. The maximum Gasteiger partial charge on any atom is 0.220 e. The third kappa shape index (κ3) is 6.36. The SMILES string of the molecule is COc1cc(CCC(=O)NCCOc2cccc(Br)c2)cc(OC)c1OC. The van der Waals surface area contributed by atoms with E-state index in [1.165, 1.54) is 0 Å². The van der Waals surface area contributed by atoms with Crippen LogP contribution in [0.3, 0.4) is 0 Å². The van der Waals surface area contributed by atoms with Gasteiger partial charge in [0.1, 0.15) is 12.4 Å². The normalized spacial score (nSPS) is 10.2. The molecule has 0 aromatic heterocycles. The number of hydrogen-bond acceptors (Lipinski definition) is 5. The first kappa shape index (κ1) is 20.9. The summed E-state index contributed by atoms with van der Waals surface area (Å²) in [5.74, 6) is 2.42. The molecule has 2 aromatic rings. The lowest BCUT2D eigenvalue weighted by molar-refractivity contribution is -0.121. The van der Waals surface area contributed by atoms with Gasteiger partial charge in [0.15, 0.2) is 11.5 Å². The Balaban J connectivity index is 1.79. The van der Waals surface area contributed by atoms with Gasteiger partial charge in [-0.3, -0.25) is 4.79 Å². The van der Waals surface area contributed by atoms with E-state index >= 15 is 0 Å². The van der Waals surface area contributed by atoms with Gasteiger partial charge < -0.3 is 24.3 Å². The van der Waals surface area contributed by atoms with Gasteiger partial charge in [0.2, 0.25) is 11.7 Å². The van der Waals surface area contributed by atoms with Gasteiger partial charge >= 0.3 is 0 Å². The van der Waals surface area contributed by atoms with Crippen LogP contribution < -0.4 is 24.3 Å². The van der Waals surface area contributed by atoms with Crippen molar-refractivity contribution in [1.82, 2.24) is 5.32 Å². The smallest absolute Gasteiger partial charge is 0.220 e. The third-order valence-corrected chi connectivity index (χ3v) is 4.35. The van der Waals surface area contributed by atoms with Crippen LogP contribution in [0.15, 0.2) is 40.9 Å². The van der Waals surface area contributed by atoms with Crippen LogP contribution in [-0.4, -0.2) is 40.4 Å². The summed E-state index contributed by atoms with van der Waals surface area (Å²) in [7, 11) is 4.70. The van der Waals surface area contributed by atoms with Gasteiger partial charge in [-0.05, 0) is 42.3 Å². The number of carbonyl (C=O) groups is 1. The number of nitrogens with one attached hydrogen (secondary N) is 1. The van der Waals surface area contributed by atoms with Crippen LogP contribution in [0.2, 0.25) is 0 Å². The minimum absolute atomic E-state index is 0.0402. The molecule has 0 bridgehead atoms. The van der Waals surface area contributed by atoms with Crippen molar-refractivity contribution < 1.29 is 23.7 Å². The number of aryl methyl sites for hydroxylation is 1. The van der Waals surface area contributed by atoms with E-state index in [0.29, 0.717) is 43.2 Å². The predicted octanol–water partition coefficient (Wildman–Crippen LogP) is 3.60. The second-order valence-electron chi connectivity index (χ2n) is 5.69. The molecule has 27 heavy (non-hydrogen) atoms. The molecule has 0 radical (unpaired) electrons. The lowest BCUT2D eigenvalue weighted by Gasteiger charge is -2.14. The summed E-state index contributed by atoms with van der Waals surface area (Å²) < 4.78 is 22.5. The molecule has 0 spiro atoms. The number of methoxy groups -OCH3 is 3. The summed E-state index contributed by atoms with van der Waals surface area (Å²) in [6, 6.07) is 11.3. The number of benzene rings is 2. The molecule has 0 unspecified atom stereocenters. The molecule has 2 rings (SSSR count). The lowest BCUT2D eigenvalue weighted by atomic mass is 10.1. The average Bonchev–Trinajstić information content (AvgIpc) is 2.68. The fraction of sp³-hybridized carbons (Fsp3) is 0.350. The Morgan fingerprint density at radius 3 is 2.33 bits per heavy atom. The van der Waals surface area contributed by atoms with Crippen LogP contribution in [0, 0.1) is 0 Å². The van der Waals surface area contributed by atoms with Gasteiger partial charge in [-0.25, -0.2) is 0 Å². The molecule has 1 N–H and O–H groups in total. The first-order chi connectivity index (χ1) is 13.1. The predicted molar refractivity (Wildman–Crippen MR) is 107 cm³/mol. The zero-order chi connectivity index (χ0) is 19.6. The van der Waals surface area contributed by atoms with E-state index < -0.39 is 0 Å². The van der Waals surface area contributed by atoms with Crippen molar-refractivity contribution in [2.24, 2.45) is 0 Å². The summed E-state index contributed by atoms with van der Waals surface area (Å²) in [5.41, 5.74) is 0.935. The Morgan fingerprint density at radius 2 is 1.74 bits per heavy atom. The van der Waals surface area contributed by atoms with E-state index in [4.69, 9.17) is 18.9 Å². The van der Waals surface area contributed by atoms with E-state index in [1.54, 1.807) is 21.3 Å². The van der Waals surface area contributed by atoms with Gasteiger partial charge in [-0.1, -0.05) is 22.0 Å². The van der Waals surface area contributed by atoms with Crippen molar-refractivity contribution in [3.05, 3.63) is 46.4 Å². The highest BCUT2D eigenvalue weighted by molar-refractivity contribution is 9.10. The van der Waals surface area contributed by atoms with Crippen molar-refractivity contribution in [3.63, 3.8) is 0 Å². The van der Waals surface area contributed by atoms with Crippen LogP contribution in [0.4, 0.5) is 0 Å². The monoisotopic (exact) mass is 437 g/mol. The van der Waals surface area contributed by atoms with E-state index in [9.17, 15) is 4.79 Å². The van der Waals surface area contributed by atoms with Crippen LogP contribution in [0.25, 0.3) is 0 Å². The van der Waals surface area contributed by atoms with Gasteiger partial charge in [0, 0.05) is 10.9 Å². The molecule has 0 atom stereocenters. The van der Waals surface area contributed by atoms with E-state index in [-0.39, 0.29) is 5.91 Å². The maximum absolute atomic E-state index is 12.1. The van der Waals surface area contributed by atoms with Crippen LogP contribution >= 0.6 is 15.9 Å². The molecule has 6 nitrogen and oxygen atoms in total. The molecule has 0 aliphatic carbocycles. The summed E-state index contributed by atoms with van der Waals surface area (Å²) in [4.78, 5) is 12.1. The van der Waals surface area contributed by atoms with E-state index in [0.717, 1.165) is 15.8 Å². The van der Waals surface area contributed by atoms with Crippen molar-refractivity contribution in [2.75, 3.05) is 34.5 Å². The number of ether oxygens (including phenoxy) is 4. The quantitative estimate of drug-likeness (QED) is 0.575. The van der Waals surface area contributed by atoms with Crippen molar-refractivity contribution in [2.45, 2.75) is 12.8 Å². The lowest BCUT2D eigenvalue weighted by Crippen LogP contribution is -2.28. The molecular weight excluding hydrogens is 414 g/mol. The Labute approximate surface area is 167 Å². The Kier molecular flexibility index (Phi) is 8.26. The fourth-order valence-electron chi connectivity index (χ4n) is 2.54. The number of carbonyl (C=O) groups excluding carboxylic acids is 1. The largest absolute Gasteiger partial charge is 0.493 e. The molecule has 0 saturated carbocycles. The first-order valence-corrected chi connectivity index (χ1v) is 9.30. The number of hydrogen-bond donors (Lipinski definition) is 1. The molecule has 2 aromatic carbocycles. The molecular formula is C20H24BrNO5. The van der Waals surface area contributed by atoms with Gasteiger partial charge in [0.05, 0.1) is 27.9 Å². The van der Waals surface area contributed by atoms with E-state index in [2.05, 4.69) is 21.2 Å². The van der Waals surface area contributed by atoms with E-state index in [1.807, 2.05) is 36.4 Å². The zero-order valence-electron chi connectivity index (χ0n) is 15.7. The molecule has 0 aliphatic heterocycles. The summed E-state index contributed by atoms with van der Waals surface area (Å²) in [5, 5.41) is 2.85. The minimum Gasteiger partial charge on any atom is -0.493 e. The number of amides is 1. The molecule has 1 amide bonds. The summed E-state index contributed by atoms with van der Waals surface area (Å²) >= 11 is 3.39. The van der Waals surface area contributed by atoms with Gasteiger partial charge in [-0.15, -0.1) is 0 Å². The highest BCUT2D eigenvalue weighted by Gasteiger charge is 2.13. The second-order valence-corrected chi connectivity index (χ2v) is 6.61. The average molecular weight is 438 g/mol. The molecule has 0 saturated heterocycles. The molecule has 0 aliphatic rings. The Morgan fingerprint density at radius 1 is 1.04 bits per heavy atom. The number of halogens is 1. The van der Waals surface area contributed by atoms with Crippen molar-refractivity contribution in [1.29, 1.82) is 0 Å². The fourth-order valence-corrected chi connectivity index (χ4v) is 2.92. The van der Waals surface area contributed by atoms with Crippen molar-refractivity contribution in [3.8, 4) is 23.0 Å². The zero-order valence-corrected chi connectivity index (χ0v) is 17.3. The van der Waals surface area contributed by atoms with Crippen LogP contribution in [0.5, 0.6) is 23.0 Å². The Hall–Kier alpha value is -2.41. The van der Waals surface area contributed by atoms with Crippen molar-refractivity contribution >= 4 is 21.8 Å². The third-order valence-electron chi connectivity index (χ3n) is 3.85.